The minimum Gasteiger partial charge on any atom is -0.478 e. The molecule has 0 aliphatic carbocycles. The summed E-state index contributed by atoms with van der Waals surface area (Å²) >= 11 is 13.5. The SMILES string of the molecule is CC1Cc2c([nH]c3ccccc23)C(c2c(Cl)cc(C=CC(=O)O)cc2Cl)N1CC(C)(C)F. The van der Waals surface area contributed by atoms with Crippen molar-refractivity contribution < 1.29 is 14.3 Å². The Kier molecular flexibility index (Phi) is 6.10. The van der Waals surface area contributed by atoms with Crippen LogP contribution in [0.25, 0.3) is 17.0 Å². The third-order valence-corrected chi connectivity index (χ3v) is 6.49. The molecule has 3 aromatic rings. The molecule has 1 aliphatic rings. The van der Waals surface area contributed by atoms with Crippen molar-refractivity contribution in [3.63, 3.8) is 0 Å². The largest absolute Gasteiger partial charge is 0.478 e. The van der Waals surface area contributed by atoms with Gasteiger partial charge in [0.25, 0.3) is 0 Å². The predicted molar refractivity (Wildman–Crippen MR) is 128 cm³/mol. The predicted octanol–water partition coefficient (Wildman–Crippen LogP) is 6.66. The number of carboxylic acids is 1. The quantitative estimate of drug-likeness (QED) is 0.406. The van der Waals surface area contributed by atoms with E-state index in [2.05, 4.69) is 22.9 Å². The molecule has 1 aliphatic heterocycles. The van der Waals surface area contributed by atoms with E-state index in [1.165, 1.54) is 11.6 Å². The van der Waals surface area contributed by atoms with Gasteiger partial charge in [0.05, 0.1) is 6.04 Å². The topological polar surface area (TPSA) is 56.3 Å². The van der Waals surface area contributed by atoms with Crippen molar-refractivity contribution in [2.45, 2.75) is 44.9 Å². The molecule has 0 spiro atoms. The third-order valence-electron chi connectivity index (χ3n) is 5.87. The highest BCUT2D eigenvalue weighted by atomic mass is 35.5. The third kappa shape index (κ3) is 4.42. The van der Waals surface area contributed by atoms with Crippen LogP contribution in [0.3, 0.4) is 0 Å². The van der Waals surface area contributed by atoms with Crippen molar-refractivity contribution in [3.8, 4) is 0 Å². The molecule has 0 saturated heterocycles. The number of rotatable bonds is 5. The van der Waals surface area contributed by atoms with Crippen molar-refractivity contribution >= 4 is 46.2 Å². The molecule has 0 saturated carbocycles. The number of halogens is 3. The zero-order valence-corrected chi connectivity index (χ0v) is 19.6. The number of carboxylic acid groups (broad SMARTS) is 1. The molecule has 2 heterocycles. The first-order valence-electron chi connectivity index (χ1n) is 10.5. The van der Waals surface area contributed by atoms with Gasteiger partial charge >= 0.3 is 5.97 Å². The van der Waals surface area contributed by atoms with Gasteiger partial charge in [-0.25, -0.2) is 9.18 Å². The molecule has 0 fully saturated rings. The molecule has 4 nitrogen and oxygen atoms in total. The van der Waals surface area contributed by atoms with E-state index in [1.807, 2.05) is 18.2 Å². The second kappa shape index (κ2) is 8.54. The molecule has 32 heavy (non-hydrogen) atoms. The number of carbonyl (C=O) groups is 1. The maximum atomic E-state index is 14.9. The number of aromatic amines is 1. The van der Waals surface area contributed by atoms with Gasteiger partial charge in [-0.3, -0.25) is 4.90 Å². The number of benzene rings is 2. The fourth-order valence-corrected chi connectivity index (χ4v) is 5.34. The van der Waals surface area contributed by atoms with Crippen molar-refractivity contribution in [2.75, 3.05) is 6.54 Å². The maximum absolute atomic E-state index is 14.9. The number of nitrogens with one attached hydrogen (secondary N) is 1. The van der Waals surface area contributed by atoms with Crippen LogP contribution in [0, 0.1) is 0 Å². The molecule has 1 aromatic heterocycles. The average Bonchev–Trinajstić information content (AvgIpc) is 3.05. The molecule has 2 aromatic carbocycles. The summed E-state index contributed by atoms with van der Waals surface area (Å²) in [5.41, 5.74) is 3.02. The summed E-state index contributed by atoms with van der Waals surface area (Å²) in [6.45, 7) is 5.44. The van der Waals surface area contributed by atoms with E-state index in [1.54, 1.807) is 26.0 Å². The van der Waals surface area contributed by atoms with Gasteiger partial charge in [0.1, 0.15) is 5.67 Å². The number of nitrogens with zero attached hydrogens (tertiary/aromatic N) is 1. The van der Waals surface area contributed by atoms with E-state index in [-0.39, 0.29) is 18.6 Å². The zero-order chi connectivity index (χ0) is 23.2. The summed E-state index contributed by atoms with van der Waals surface area (Å²) < 4.78 is 14.9. The summed E-state index contributed by atoms with van der Waals surface area (Å²) in [7, 11) is 0. The molecule has 0 bridgehead atoms. The van der Waals surface area contributed by atoms with Gasteiger partial charge in [-0.05, 0) is 62.6 Å². The minimum absolute atomic E-state index is 0.0560. The molecular weight excluding hydrogens is 450 g/mol. The standard InChI is InChI=1S/C25H25Cl2FN2O2/c1-14-10-17-16-6-4-5-7-20(16)29-23(17)24(30(14)13-25(2,3)28)22-18(26)11-15(12-19(22)27)8-9-21(31)32/h4-9,11-12,14,24,29H,10,13H2,1-3H3,(H,31,32). The monoisotopic (exact) mass is 474 g/mol. The molecule has 4 rings (SSSR count). The normalized spacial score (nSPS) is 19.6. The Bertz CT molecular complexity index is 1190. The lowest BCUT2D eigenvalue weighted by atomic mass is 9.87. The Morgan fingerprint density at radius 2 is 1.94 bits per heavy atom. The number of fused-ring (bicyclic) bond motifs is 3. The van der Waals surface area contributed by atoms with E-state index >= 15 is 0 Å². The Hall–Kier alpha value is -2.34. The summed E-state index contributed by atoms with van der Waals surface area (Å²) in [6, 6.07) is 11.2. The number of aromatic nitrogens is 1. The van der Waals surface area contributed by atoms with Gasteiger partial charge in [-0.1, -0.05) is 41.4 Å². The molecule has 2 N–H and O–H groups in total. The average molecular weight is 475 g/mol. The summed E-state index contributed by atoms with van der Waals surface area (Å²) in [4.78, 5) is 16.5. The first-order valence-corrected chi connectivity index (χ1v) is 11.2. The van der Waals surface area contributed by atoms with Crippen LogP contribution in [-0.4, -0.2) is 39.2 Å². The highest BCUT2D eigenvalue weighted by Crippen LogP contribution is 2.46. The van der Waals surface area contributed by atoms with Crippen LogP contribution >= 0.6 is 23.2 Å². The lowest BCUT2D eigenvalue weighted by molar-refractivity contribution is -0.131. The van der Waals surface area contributed by atoms with Crippen LogP contribution in [0.2, 0.25) is 10.0 Å². The highest BCUT2D eigenvalue weighted by Gasteiger charge is 2.40. The molecular formula is C25H25Cl2FN2O2. The van der Waals surface area contributed by atoms with Gasteiger partial charge in [-0.2, -0.15) is 0 Å². The Labute approximate surface area is 196 Å². The number of aliphatic carboxylic acids is 1. The van der Waals surface area contributed by atoms with Crippen LogP contribution < -0.4 is 0 Å². The number of para-hydroxylation sites is 1. The van der Waals surface area contributed by atoms with E-state index < -0.39 is 11.6 Å². The number of alkyl halides is 1. The summed E-state index contributed by atoms with van der Waals surface area (Å²) in [5, 5.41) is 10.9. The molecule has 2 atom stereocenters. The second-order valence-electron chi connectivity index (χ2n) is 8.98. The van der Waals surface area contributed by atoms with E-state index in [4.69, 9.17) is 28.3 Å². The van der Waals surface area contributed by atoms with E-state index in [0.717, 1.165) is 29.1 Å². The van der Waals surface area contributed by atoms with Crippen LogP contribution in [-0.2, 0) is 11.2 Å². The van der Waals surface area contributed by atoms with Crippen LogP contribution in [0.4, 0.5) is 4.39 Å². The first kappa shape index (κ1) is 22.8. The van der Waals surface area contributed by atoms with Gasteiger partial charge in [0.15, 0.2) is 0 Å². The highest BCUT2D eigenvalue weighted by molar-refractivity contribution is 6.36. The molecule has 168 valence electrons. The molecule has 0 radical (unpaired) electrons. The Morgan fingerprint density at radius 3 is 2.56 bits per heavy atom. The summed E-state index contributed by atoms with van der Waals surface area (Å²) in [5.74, 6) is -1.05. The van der Waals surface area contributed by atoms with Crippen molar-refractivity contribution in [1.29, 1.82) is 0 Å². The van der Waals surface area contributed by atoms with E-state index in [9.17, 15) is 9.18 Å². The Morgan fingerprint density at radius 1 is 1.28 bits per heavy atom. The fraction of sp³-hybridized carbons (Fsp3) is 0.320. The van der Waals surface area contributed by atoms with Crippen LogP contribution in [0.1, 0.15) is 49.2 Å². The van der Waals surface area contributed by atoms with Crippen molar-refractivity contribution in [1.82, 2.24) is 9.88 Å². The van der Waals surface area contributed by atoms with Gasteiger partial charge in [0, 0.05) is 50.9 Å². The number of H-pyrrole nitrogens is 1. The second-order valence-corrected chi connectivity index (χ2v) is 9.79. The minimum atomic E-state index is -1.42. The number of hydrogen-bond donors (Lipinski definition) is 2. The smallest absolute Gasteiger partial charge is 0.328 e. The maximum Gasteiger partial charge on any atom is 0.328 e. The van der Waals surface area contributed by atoms with Crippen LogP contribution in [0.5, 0.6) is 0 Å². The lowest BCUT2D eigenvalue weighted by Gasteiger charge is -2.43. The van der Waals surface area contributed by atoms with E-state index in [0.29, 0.717) is 21.2 Å². The first-order chi connectivity index (χ1) is 15.0. The molecule has 2 unspecified atom stereocenters. The van der Waals surface area contributed by atoms with Crippen molar-refractivity contribution in [2.24, 2.45) is 0 Å². The molecule has 0 amide bonds. The van der Waals surface area contributed by atoms with Crippen LogP contribution in [0.15, 0.2) is 42.5 Å². The lowest BCUT2D eigenvalue weighted by Crippen LogP contribution is -2.48. The van der Waals surface area contributed by atoms with Crippen molar-refractivity contribution in [3.05, 3.63) is 74.9 Å². The van der Waals surface area contributed by atoms with Gasteiger partial charge < -0.3 is 10.1 Å². The zero-order valence-electron chi connectivity index (χ0n) is 18.1. The fourth-order valence-electron chi connectivity index (χ4n) is 4.63. The van der Waals surface area contributed by atoms with Gasteiger partial charge in [0.2, 0.25) is 0 Å². The molecule has 7 heteroatoms. The summed E-state index contributed by atoms with van der Waals surface area (Å²) in [6.07, 6.45) is 3.27. The number of hydrogen-bond acceptors (Lipinski definition) is 2. The Balaban J connectivity index is 1.92. The van der Waals surface area contributed by atoms with Gasteiger partial charge in [-0.15, -0.1) is 0 Å².